The molecule has 0 bridgehead atoms. The van der Waals surface area contributed by atoms with Crippen LogP contribution in [0.1, 0.15) is 18.3 Å². The van der Waals surface area contributed by atoms with Crippen LogP contribution in [0.2, 0.25) is 0 Å². The first-order chi connectivity index (χ1) is 9.54. The lowest BCUT2D eigenvalue weighted by Crippen LogP contribution is -2.33. The highest BCUT2D eigenvalue weighted by Crippen LogP contribution is 2.05. The van der Waals surface area contributed by atoms with Gasteiger partial charge in [0.15, 0.2) is 0 Å². The summed E-state index contributed by atoms with van der Waals surface area (Å²) in [6.45, 7) is 7.60. The average molecular weight is 277 g/mol. The van der Waals surface area contributed by atoms with Crippen LogP contribution in [0.3, 0.4) is 0 Å². The molecule has 0 spiro atoms. The van der Waals surface area contributed by atoms with Gasteiger partial charge in [-0.05, 0) is 36.3 Å². The highest BCUT2D eigenvalue weighted by atomic mass is 16.2. The Hall–Kier alpha value is -2.25. The van der Waals surface area contributed by atoms with Gasteiger partial charge in [0, 0.05) is 18.8 Å². The Balaban J connectivity index is 1.76. The molecule has 0 fully saturated rings. The predicted molar refractivity (Wildman–Crippen MR) is 71.7 cm³/mol. The van der Waals surface area contributed by atoms with Crippen LogP contribution in [0.15, 0.2) is 12.4 Å². The highest BCUT2D eigenvalue weighted by Gasteiger charge is 2.09. The second-order valence-electron chi connectivity index (χ2n) is 5.03. The fraction of sp³-hybridized carbons (Fsp3) is 0.583. The van der Waals surface area contributed by atoms with Gasteiger partial charge in [-0.2, -0.15) is 5.10 Å². The maximum absolute atomic E-state index is 11.7. The molecule has 8 heteroatoms. The van der Waals surface area contributed by atoms with E-state index >= 15 is 0 Å². The van der Waals surface area contributed by atoms with Crippen molar-refractivity contribution in [2.45, 2.75) is 33.9 Å². The van der Waals surface area contributed by atoms with Gasteiger partial charge in [0.05, 0.1) is 5.69 Å². The summed E-state index contributed by atoms with van der Waals surface area (Å²) in [5, 5.41) is 17.9. The Morgan fingerprint density at radius 1 is 1.45 bits per heavy atom. The number of rotatable bonds is 6. The molecule has 1 amide bonds. The van der Waals surface area contributed by atoms with Gasteiger partial charge >= 0.3 is 0 Å². The van der Waals surface area contributed by atoms with Crippen LogP contribution in [0.5, 0.6) is 0 Å². The van der Waals surface area contributed by atoms with Crippen LogP contribution < -0.4 is 5.32 Å². The van der Waals surface area contributed by atoms with Crippen molar-refractivity contribution in [1.29, 1.82) is 0 Å². The number of aryl methyl sites for hydroxylation is 2. The Labute approximate surface area is 117 Å². The maximum atomic E-state index is 11.7. The van der Waals surface area contributed by atoms with E-state index in [1.165, 1.54) is 11.0 Å². The zero-order chi connectivity index (χ0) is 14.5. The maximum Gasteiger partial charge on any atom is 0.241 e. The number of carbonyl (C=O) groups excluding carboxylic acids is 1. The zero-order valence-electron chi connectivity index (χ0n) is 11.9. The summed E-state index contributed by atoms with van der Waals surface area (Å²) >= 11 is 0. The third kappa shape index (κ3) is 3.87. The zero-order valence-corrected chi connectivity index (χ0v) is 11.9. The van der Waals surface area contributed by atoms with E-state index in [-0.39, 0.29) is 12.5 Å². The molecule has 20 heavy (non-hydrogen) atoms. The van der Waals surface area contributed by atoms with E-state index in [1.807, 2.05) is 24.6 Å². The van der Waals surface area contributed by atoms with Crippen LogP contribution in [0.4, 0.5) is 0 Å². The molecule has 2 aromatic heterocycles. The number of hydrogen-bond acceptors (Lipinski definition) is 5. The number of nitrogens with one attached hydrogen (secondary N) is 1. The molecule has 0 aliphatic heterocycles. The Kier molecular flexibility index (Phi) is 4.44. The molecule has 0 saturated carbocycles. The summed E-state index contributed by atoms with van der Waals surface area (Å²) in [6.07, 6.45) is 1.42. The van der Waals surface area contributed by atoms with E-state index in [1.54, 1.807) is 0 Å². The fourth-order valence-corrected chi connectivity index (χ4v) is 1.96. The van der Waals surface area contributed by atoms with Gasteiger partial charge in [-0.25, -0.2) is 4.68 Å². The number of amides is 1. The molecule has 0 unspecified atom stereocenters. The first kappa shape index (κ1) is 14.2. The predicted octanol–water partition coefficient (Wildman–Crippen LogP) is -0.0611. The van der Waals surface area contributed by atoms with Crippen LogP contribution in [-0.2, 0) is 17.9 Å². The first-order valence-corrected chi connectivity index (χ1v) is 6.53. The lowest BCUT2D eigenvalue weighted by atomic mass is 10.2. The van der Waals surface area contributed by atoms with Gasteiger partial charge in [-0.15, -0.1) is 5.10 Å². The van der Waals surface area contributed by atoms with Gasteiger partial charge in [0.25, 0.3) is 0 Å². The number of carbonyl (C=O) groups is 1. The number of aromatic nitrogens is 6. The quantitative estimate of drug-likeness (QED) is 0.798. The van der Waals surface area contributed by atoms with E-state index in [0.717, 1.165) is 17.9 Å². The molecule has 108 valence electrons. The molecular weight excluding hydrogens is 258 g/mol. The largest absolute Gasteiger partial charge is 0.354 e. The summed E-state index contributed by atoms with van der Waals surface area (Å²) in [5.74, 6) is 0.198. The minimum absolute atomic E-state index is 0.0995. The van der Waals surface area contributed by atoms with Gasteiger partial charge in [-0.3, -0.25) is 9.48 Å². The van der Waals surface area contributed by atoms with Gasteiger partial charge in [0.2, 0.25) is 5.91 Å². The van der Waals surface area contributed by atoms with Crippen molar-refractivity contribution in [3.8, 4) is 0 Å². The third-order valence-electron chi connectivity index (χ3n) is 2.93. The van der Waals surface area contributed by atoms with Crippen LogP contribution in [0.25, 0.3) is 0 Å². The minimum atomic E-state index is -0.0995. The topological polar surface area (TPSA) is 90.5 Å². The molecule has 2 rings (SSSR count). The second kappa shape index (κ2) is 6.27. The number of tetrazole rings is 1. The molecule has 0 saturated heterocycles. The smallest absolute Gasteiger partial charge is 0.241 e. The van der Waals surface area contributed by atoms with Gasteiger partial charge < -0.3 is 5.32 Å². The normalized spacial score (nSPS) is 12.3. The molecule has 8 nitrogen and oxygen atoms in total. The average Bonchev–Trinajstić information content (AvgIpc) is 2.98. The van der Waals surface area contributed by atoms with Crippen molar-refractivity contribution in [2.75, 3.05) is 6.54 Å². The Morgan fingerprint density at radius 2 is 2.25 bits per heavy atom. The van der Waals surface area contributed by atoms with Crippen LogP contribution in [0, 0.1) is 19.8 Å². The van der Waals surface area contributed by atoms with Crippen LogP contribution >= 0.6 is 0 Å². The minimum Gasteiger partial charge on any atom is -0.354 e. The lowest BCUT2D eigenvalue weighted by Gasteiger charge is -2.13. The Bertz CT molecular complexity index is 560. The summed E-state index contributed by atoms with van der Waals surface area (Å²) in [7, 11) is 0. The van der Waals surface area contributed by atoms with Crippen molar-refractivity contribution in [2.24, 2.45) is 5.92 Å². The van der Waals surface area contributed by atoms with E-state index < -0.39 is 0 Å². The summed E-state index contributed by atoms with van der Waals surface area (Å²) in [5.41, 5.74) is 2.15. The third-order valence-corrected chi connectivity index (χ3v) is 2.93. The molecular formula is C12H19N7O. The molecule has 0 aromatic carbocycles. The fourth-order valence-electron chi connectivity index (χ4n) is 1.96. The van der Waals surface area contributed by atoms with E-state index in [4.69, 9.17) is 0 Å². The first-order valence-electron chi connectivity index (χ1n) is 6.53. The van der Waals surface area contributed by atoms with Gasteiger partial charge in [0.1, 0.15) is 12.9 Å². The summed E-state index contributed by atoms with van der Waals surface area (Å²) in [4.78, 5) is 11.7. The van der Waals surface area contributed by atoms with E-state index in [2.05, 4.69) is 32.9 Å². The van der Waals surface area contributed by atoms with Crippen molar-refractivity contribution in [1.82, 2.24) is 35.3 Å². The highest BCUT2D eigenvalue weighted by molar-refractivity contribution is 5.75. The molecule has 2 aromatic rings. The number of nitrogens with zero attached hydrogens (tertiary/aromatic N) is 6. The van der Waals surface area contributed by atoms with Crippen molar-refractivity contribution in [3.63, 3.8) is 0 Å². The van der Waals surface area contributed by atoms with Crippen molar-refractivity contribution < 1.29 is 4.79 Å². The molecule has 2 heterocycles. The molecule has 0 aliphatic carbocycles. The molecule has 1 N–H and O–H groups in total. The number of hydrogen-bond donors (Lipinski definition) is 1. The van der Waals surface area contributed by atoms with Crippen LogP contribution in [-0.4, -0.2) is 42.4 Å². The van der Waals surface area contributed by atoms with Crippen molar-refractivity contribution >= 4 is 5.91 Å². The molecule has 0 aliphatic rings. The van der Waals surface area contributed by atoms with Gasteiger partial charge in [-0.1, -0.05) is 6.92 Å². The SMILES string of the molecule is Cc1cc(C)n(C[C@H](C)CNC(=O)Cn2cnnn2)n1. The molecule has 1 atom stereocenters. The van der Waals surface area contributed by atoms with E-state index in [9.17, 15) is 4.79 Å². The lowest BCUT2D eigenvalue weighted by molar-refractivity contribution is -0.122. The van der Waals surface area contributed by atoms with E-state index in [0.29, 0.717) is 12.5 Å². The standard InChI is InChI=1S/C12H19N7O/c1-9(6-19-11(3)4-10(2)15-19)5-13-12(20)7-18-8-14-16-17-18/h4,8-9H,5-7H2,1-3H3,(H,13,20)/t9-/m1/s1. The molecule has 0 radical (unpaired) electrons. The monoisotopic (exact) mass is 277 g/mol. The van der Waals surface area contributed by atoms with Crippen molar-refractivity contribution in [3.05, 3.63) is 23.8 Å². The second-order valence-corrected chi connectivity index (χ2v) is 5.03. The Morgan fingerprint density at radius 3 is 2.85 bits per heavy atom. The summed E-state index contributed by atoms with van der Waals surface area (Å²) < 4.78 is 3.36. The summed E-state index contributed by atoms with van der Waals surface area (Å²) in [6, 6.07) is 2.04.